The van der Waals surface area contributed by atoms with Crippen molar-refractivity contribution in [2.45, 2.75) is 44.2 Å². The summed E-state index contributed by atoms with van der Waals surface area (Å²) in [6.45, 7) is 2.29. The molecule has 1 aromatic carbocycles. The first kappa shape index (κ1) is 20.4. The van der Waals surface area contributed by atoms with Crippen molar-refractivity contribution >= 4 is 40.1 Å². The first-order valence-corrected chi connectivity index (χ1v) is 11.3. The van der Waals surface area contributed by atoms with Gasteiger partial charge in [0.1, 0.15) is 6.10 Å². The van der Waals surface area contributed by atoms with E-state index in [4.69, 9.17) is 16.4 Å². The van der Waals surface area contributed by atoms with Crippen molar-refractivity contribution in [1.29, 1.82) is 0 Å². The molecule has 5 nitrogen and oxygen atoms in total. The third-order valence-electron chi connectivity index (χ3n) is 5.58. The smallest absolute Gasteiger partial charge is 0.172 e. The molecule has 0 aliphatic carbocycles. The van der Waals surface area contributed by atoms with Crippen LogP contribution in [0.5, 0.6) is 0 Å². The molecule has 0 radical (unpaired) electrons. The van der Waals surface area contributed by atoms with Crippen LogP contribution in [0.1, 0.15) is 47.3 Å². The highest BCUT2D eigenvalue weighted by molar-refractivity contribution is 7.18. The molecule has 1 N–H and O–H groups in total. The summed E-state index contributed by atoms with van der Waals surface area (Å²) in [6, 6.07) is 12.5. The molecule has 0 spiro atoms. The maximum absolute atomic E-state index is 12.2. The number of benzene rings is 1. The van der Waals surface area contributed by atoms with E-state index < -0.39 is 0 Å². The van der Waals surface area contributed by atoms with Crippen LogP contribution in [-0.4, -0.2) is 48.7 Å². The summed E-state index contributed by atoms with van der Waals surface area (Å²) in [7, 11) is 2.18. The monoisotopic (exact) mass is 431 g/mol. The molecule has 1 fully saturated rings. The van der Waals surface area contributed by atoms with Gasteiger partial charge in [-0.3, -0.25) is 4.79 Å². The second-order valence-electron chi connectivity index (χ2n) is 7.83. The Morgan fingerprint density at radius 1 is 1.24 bits per heavy atom. The van der Waals surface area contributed by atoms with E-state index in [2.05, 4.69) is 46.7 Å². The van der Waals surface area contributed by atoms with Crippen molar-refractivity contribution in [1.82, 2.24) is 4.90 Å². The van der Waals surface area contributed by atoms with Crippen molar-refractivity contribution in [3.8, 4) is 0 Å². The Morgan fingerprint density at radius 3 is 2.69 bits per heavy atom. The number of anilines is 1. The van der Waals surface area contributed by atoms with Crippen molar-refractivity contribution in [2.75, 3.05) is 25.5 Å². The molecule has 1 unspecified atom stereocenters. The highest BCUT2D eigenvalue weighted by Gasteiger charge is 2.24. The number of piperidine rings is 1. The molecule has 0 bridgehead atoms. The molecule has 4 rings (SSSR count). The molecule has 2 aliphatic rings. The average Bonchev–Trinajstić information content (AvgIpc) is 3.38. The predicted molar refractivity (Wildman–Crippen MR) is 120 cm³/mol. The Kier molecular flexibility index (Phi) is 6.53. The van der Waals surface area contributed by atoms with E-state index in [0.717, 1.165) is 36.5 Å². The second kappa shape index (κ2) is 9.28. The number of nitrogens with one attached hydrogen (secondary N) is 1. The van der Waals surface area contributed by atoms with Gasteiger partial charge in [-0.2, -0.15) is 0 Å². The maximum Gasteiger partial charge on any atom is 0.172 e. The molecule has 0 saturated carbocycles. The molecule has 1 aromatic heterocycles. The predicted octanol–water partition coefficient (Wildman–Crippen LogP) is 5.06. The number of carbonyl (C=O) groups is 1. The van der Waals surface area contributed by atoms with Crippen LogP contribution in [0.2, 0.25) is 4.34 Å². The number of rotatable bonds is 7. The van der Waals surface area contributed by atoms with E-state index >= 15 is 0 Å². The van der Waals surface area contributed by atoms with Gasteiger partial charge in [0.25, 0.3) is 0 Å². The van der Waals surface area contributed by atoms with Crippen molar-refractivity contribution in [3.05, 3.63) is 51.2 Å². The van der Waals surface area contributed by atoms with E-state index in [1.54, 1.807) is 12.1 Å². The molecule has 2 aliphatic heterocycles. The number of carbonyl (C=O) groups excluding carboxylic acids is 1. The summed E-state index contributed by atoms with van der Waals surface area (Å²) in [4.78, 5) is 20.9. The van der Waals surface area contributed by atoms with Gasteiger partial charge in [0.15, 0.2) is 5.78 Å². The summed E-state index contributed by atoms with van der Waals surface area (Å²) < 4.78 is 0.643. The summed E-state index contributed by atoms with van der Waals surface area (Å²) >= 11 is 7.23. The van der Waals surface area contributed by atoms with Gasteiger partial charge in [-0.25, -0.2) is 0 Å². The Morgan fingerprint density at radius 2 is 2.00 bits per heavy atom. The number of ketones is 1. The quantitative estimate of drug-likeness (QED) is 0.622. The summed E-state index contributed by atoms with van der Waals surface area (Å²) in [5.41, 5.74) is 3.19. The van der Waals surface area contributed by atoms with Gasteiger partial charge in [-0.05, 0) is 69.2 Å². The number of halogens is 1. The highest BCUT2D eigenvalue weighted by Crippen LogP contribution is 2.26. The lowest BCUT2D eigenvalue weighted by atomic mass is 10.0. The van der Waals surface area contributed by atoms with Gasteiger partial charge in [0.2, 0.25) is 0 Å². The van der Waals surface area contributed by atoms with Crippen molar-refractivity contribution < 1.29 is 9.63 Å². The first-order chi connectivity index (χ1) is 14.1. The van der Waals surface area contributed by atoms with Crippen LogP contribution in [-0.2, 0) is 4.84 Å². The number of hydrogen-bond acceptors (Lipinski definition) is 6. The molecule has 1 saturated heterocycles. The molecule has 7 heteroatoms. The van der Waals surface area contributed by atoms with Crippen LogP contribution in [0.3, 0.4) is 0 Å². The van der Waals surface area contributed by atoms with Crippen LogP contribution in [0.4, 0.5) is 5.69 Å². The van der Waals surface area contributed by atoms with Gasteiger partial charge in [0, 0.05) is 24.6 Å². The van der Waals surface area contributed by atoms with E-state index in [-0.39, 0.29) is 11.9 Å². The van der Waals surface area contributed by atoms with Gasteiger partial charge in [-0.15, -0.1) is 11.3 Å². The maximum atomic E-state index is 12.2. The van der Waals surface area contributed by atoms with Crippen molar-refractivity contribution in [2.24, 2.45) is 5.16 Å². The van der Waals surface area contributed by atoms with Gasteiger partial charge in [0.05, 0.1) is 14.9 Å². The third-order valence-corrected chi connectivity index (χ3v) is 6.85. The van der Waals surface area contributed by atoms with Crippen LogP contribution >= 0.6 is 22.9 Å². The molecule has 154 valence electrons. The Bertz CT molecular complexity index is 872. The zero-order valence-electron chi connectivity index (χ0n) is 16.6. The summed E-state index contributed by atoms with van der Waals surface area (Å²) in [6.07, 6.45) is 4.16. The van der Waals surface area contributed by atoms with E-state index in [1.807, 2.05) is 0 Å². The SMILES string of the molecule is CN1CCC(Nc2ccc(C3=NOC(CCC(=O)c4ccc(Cl)s4)C3)cc2)CC1. The molecule has 0 amide bonds. The number of nitrogens with zero attached hydrogens (tertiary/aromatic N) is 2. The number of likely N-dealkylation sites (tertiary alicyclic amines) is 1. The second-order valence-corrected chi connectivity index (χ2v) is 9.55. The Balaban J connectivity index is 1.25. The minimum absolute atomic E-state index is 0.0404. The standard InChI is InChI=1S/C22H26ClN3O2S/c1-26-12-10-17(11-13-26)24-16-4-2-15(3-5-16)19-14-18(28-25-19)6-7-20(27)21-8-9-22(23)29-21/h2-5,8-9,17-18,24H,6-7,10-14H2,1H3. The first-order valence-electron chi connectivity index (χ1n) is 10.1. The zero-order valence-corrected chi connectivity index (χ0v) is 18.1. The molecule has 1 atom stereocenters. The molecule has 29 heavy (non-hydrogen) atoms. The normalized spacial score (nSPS) is 20.3. The fourth-order valence-electron chi connectivity index (χ4n) is 3.78. The van der Waals surface area contributed by atoms with Crippen LogP contribution in [0.15, 0.2) is 41.6 Å². The van der Waals surface area contributed by atoms with Crippen LogP contribution in [0, 0.1) is 0 Å². The van der Waals surface area contributed by atoms with E-state index in [1.165, 1.54) is 24.2 Å². The zero-order chi connectivity index (χ0) is 20.2. The minimum Gasteiger partial charge on any atom is -0.392 e. The highest BCUT2D eigenvalue weighted by atomic mass is 35.5. The Labute approximate surface area is 180 Å². The Hall–Kier alpha value is -1.89. The topological polar surface area (TPSA) is 53.9 Å². The third kappa shape index (κ3) is 5.38. The minimum atomic E-state index is -0.0404. The van der Waals surface area contributed by atoms with Gasteiger partial charge < -0.3 is 15.1 Å². The van der Waals surface area contributed by atoms with Gasteiger partial charge in [-0.1, -0.05) is 28.9 Å². The summed E-state index contributed by atoms with van der Waals surface area (Å²) in [5, 5.41) is 7.89. The lowest BCUT2D eigenvalue weighted by molar-refractivity contribution is 0.0720. The largest absolute Gasteiger partial charge is 0.392 e. The number of oxime groups is 1. The number of thiophene rings is 1. The van der Waals surface area contributed by atoms with Gasteiger partial charge >= 0.3 is 0 Å². The molecular formula is C22H26ClN3O2S. The van der Waals surface area contributed by atoms with Crippen LogP contribution in [0.25, 0.3) is 0 Å². The molecule has 3 heterocycles. The average molecular weight is 432 g/mol. The van der Waals surface area contributed by atoms with E-state index in [0.29, 0.717) is 28.1 Å². The number of hydrogen-bond donors (Lipinski definition) is 1. The lowest BCUT2D eigenvalue weighted by Crippen LogP contribution is -2.36. The molecular weight excluding hydrogens is 406 g/mol. The van der Waals surface area contributed by atoms with Crippen LogP contribution < -0.4 is 5.32 Å². The summed E-state index contributed by atoms with van der Waals surface area (Å²) in [5.74, 6) is 0.114. The molecule has 2 aromatic rings. The van der Waals surface area contributed by atoms with Crippen molar-refractivity contribution in [3.63, 3.8) is 0 Å². The number of Topliss-reactive ketones (excluding diaryl/α,β-unsaturated/α-hetero) is 1. The fraction of sp³-hybridized carbons (Fsp3) is 0.455. The van der Waals surface area contributed by atoms with E-state index in [9.17, 15) is 4.79 Å². The lowest BCUT2D eigenvalue weighted by Gasteiger charge is -2.30. The fourth-order valence-corrected chi connectivity index (χ4v) is 4.79.